The third kappa shape index (κ3) is 4.99. The minimum atomic E-state index is 0.683. The number of anilines is 1. The van der Waals surface area contributed by atoms with Gasteiger partial charge in [0.2, 0.25) is 0 Å². The minimum Gasteiger partial charge on any atom is -0.370 e. The molecule has 0 bridgehead atoms. The van der Waals surface area contributed by atoms with Crippen LogP contribution in [0, 0.1) is 12.8 Å². The molecule has 0 amide bonds. The fraction of sp³-hybridized carbons (Fsp3) is 0.480. The largest absolute Gasteiger partial charge is 0.370 e. The first-order valence-electron chi connectivity index (χ1n) is 11.0. The number of piperidine rings is 1. The van der Waals surface area contributed by atoms with Crippen molar-refractivity contribution in [3.63, 3.8) is 0 Å². The zero-order chi connectivity index (χ0) is 20.2. The van der Waals surface area contributed by atoms with Gasteiger partial charge in [0.25, 0.3) is 0 Å². The summed E-state index contributed by atoms with van der Waals surface area (Å²) in [6.07, 6.45) is 3.68. The van der Waals surface area contributed by atoms with Crippen molar-refractivity contribution in [2.75, 3.05) is 51.2 Å². The average Bonchev–Trinajstić information content (AvgIpc) is 2.74. The molecule has 4 nitrogen and oxygen atoms in total. The molecule has 1 aromatic carbocycles. The van der Waals surface area contributed by atoms with Gasteiger partial charge in [-0.25, -0.2) is 4.98 Å². The molecule has 1 atom stereocenters. The molecular formula is C25H34N4. The lowest BCUT2D eigenvalue weighted by atomic mass is 9.90. The van der Waals surface area contributed by atoms with Gasteiger partial charge in [0.1, 0.15) is 5.82 Å². The number of likely N-dealkylation sites (tertiary alicyclic amines) is 1. The third-order valence-corrected chi connectivity index (χ3v) is 6.36. The molecule has 2 saturated heterocycles. The Morgan fingerprint density at radius 1 is 1.07 bits per heavy atom. The van der Waals surface area contributed by atoms with E-state index in [1.165, 1.54) is 24.0 Å². The summed E-state index contributed by atoms with van der Waals surface area (Å²) >= 11 is 0. The van der Waals surface area contributed by atoms with Crippen LogP contribution in [0.5, 0.6) is 0 Å². The average molecular weight is 391 g/mol. The van der Waals surface area contributed by atoms with Crippen molar-refractivity contribution < 1.29 is 0 Å². The molecule has 29 heavy (non-hydrogen) atoms. The van der Waals surface area contributed by atoms with Gasteiger partial charge < -0.3 is 14.7 Å². The van der Waals surface area contributed by atoms with Gasteiger partial charge in [-0.15, -0.1) is 0 Å². The van der Waals surface area contributed by atoms with Crippen LogP contribution in [0.3, 0.4) is 0 Å². The van der Waals surface area contributed by atoms with Gasteiger partial charge in [-0.2, -0.15) is 0 Å². The number of likely N-dealkylation sites (N-methyl/N-ethyl adjacent to an activating group) is 1. The molecule has 0 N–H and O–H groups in total. The molecule has 154 valence electrons. The fourth-order valence-corrected chi connectivity index (χ4v) is 4.61. The summed E-state index contributed by atoms with van der Waals surface area (Å²) in [4.78, 5) is 12.2. The van der Waals surface area contributed by atoms with E-state index in [0.717, 1.165) is 62.9 Å². The molecule has 2 aliphatic rings. The van der Waals surface area contributed by atoms with E-state index in [4.69, 9.17) is 4.98 Å². The highest BCUT2D eigenvalue weighted by atomic mass is 15.3. The Morgan fingerprint density at radius 3 is 2.66 bits per heavy atom. The van der Waals surface area contributed by atoms with E-state index in [0.29, 0.717) is 5.92 Å². The van der Waals surface area contributed by atoms with Crippen LogP contribution in [-0.2, 0) is 6.42 Å². The van der Waals surface area contributed by atoms with Gasteiger partial charge in [0.15, 0.2) is 0 Å². The van der Waals surface area contributed by atoms with Crippen LogP contribution in [0.1, 0.15) is 29.7 Å². The van der Waals surface area contributed by atoms with Crippen LogP contribution in [0.2, 0.25) is 0 Å². The molecule has 3 heterocycles. The zero-order valence-corrected chi connectivity index (χ0v) is 18.0. The first kappa shape index (κ1) is 20.0. The quantitative estimate of drug-likeness (QED) is 0.768. The molecule has 4 heteroatoms. The highest BCUT2D eigenvalue weighted by molar-refractivity contribution is 5.60. The molecule has 1 aromatic heterocycles. The Bertz CT molecular complexity index is 838. The lowest BCUT2D eigenvalue weighted by Crippen LogP contribution is -2.44. The van der Waals surface area contributed by atoms with E-state index in [1.54, 1.807) is 0 Å². The first-order chi connectivity index (χ1) is 14.1. The van der Waals surface area contributed by atoms with E-state index in [-0.39, 0.29) is 0 Å². The Kier molecular flexibility index (Phi) is 6.19. The predicted octanol–water partition coefficient (Wildman–Crippen LogP) is 4.07. The lowest BCUT2D eigenvalue weighted by Gasteiger charge is -2.36. The van der Waals surface area contributed by atoms with Crippen molar-refractivity contribution in [1.82, 2.24) is 14.8 Å². The minimum absolute atomic E-state index is 0.683. The molecule has 0 radical (unpaired) electrons. The van der Waals surface area contributed by atoms with Crippen molar-refractivity contribution >= 4 is 11.5 Å². The monoisotopic (exact) mass is 390 g/mol. The van der Waals surface area contributed by atoms with Crippen LogP contribution in [0.15, 0.2) is 49.0 Å². The third-order valence-electron chi connectivity index (χ3n) is 6.36. The number of piperazine rings is 1. The molecule has 2 fully saturated rings. The van der Waals surface area contributed by atoms with Crippen molar-refractivity contribution in [2.45, 2.75) is 26.2 Å². The van der Waals surface area contributed by atoms with Gasteiger partial charge in [-0.05, 0) is 56.8 Å². The van der Waals surface area contributed by atoms with Gasteiger partial charge >= 0.3 is 0 Å². The van der Waals surface area contributed by atoms with E-state index in [1.807, 2.05) is 0 Å². The summed E-state index contributed by atoms with van der Waals surface area (Å²) in [6, 6.07) is 15.3. The standard InChI is InChI=1S/C25H34N4/c1-20-7-4-8-22(17-20)18-23-9-6-12-29(19-23)21(2)24-10-5-11-25(26-24)28-15-13-27(3)14-16-28/h4-5,7-8,10-11,17,23H,2,6,9,12-16,18-19H2,1,3H3. The number of benzene rings is 1. The van der Waals surface area contributed by atoms with Crippen molar-refractivity contribution in [3.8, 4) is 0 Å². The zero-order valence-electron chi connectivity index (χ0n) is 18.0. The summed E-state index contributed by atoms with van der Waals surface area (Å²) in [5.41, 5.74) is 4.91. The van der Waals surface area contributed by atoms with Crippen molar-refractivity contribution in [3.05, 3.63) is 65.9 Å². The summed E-state index contributed by atoms with van der Waals surface area (Å²) in [7, 11) is 2.19. The van der Waals surface area contributed by atoms with E-state index < -0.39 is 0 Å². The molecule has 0 aliphatic carbocycles. The van der Waals surface area contributed by atoms with Crippen LogP contribution < -0.4 is 4.90 Å². The molecule has 0 saturated carbocycles. The van der Waals surface area contributed by atoms with Gasteiger partial charge in [-0.3, -0.25) is 0 Å². The van der Waals surface area contributed by atoms with Crippen LogP contribution in [-0.4, -0.2) is 61.1 Å². The smallest absolute Gasteiger partial charge is 0.129 e. The summed E-state index contributed by atoms with van der Waals surface area (Å²) in [5, 5.41) is 0. The van der Waals surface area contributed by atoms with Gasteiger partial charge in [-0.1, -0.05) is 42.5 Å². The predicted molar refractivity (Wildman–Crippen MR) is 122 cm³/mol. The Balaban J connectivity index is 1.41. The highest BCUT2D eigenvalue weighted by Crippen LogP contribution is 2.27. The Hall–Kier alpha value is -2.33. The lowest BCUT2D eigenvalue weighted by molar-refractivity contribution is 0.245. The fourth-order valence-electron chi connectivity index (χ4n) is 4.61. The number of nitrogens with zero attached hydrogens (tertiary/aromatic N) is 4. The van der Waals surface area contributed by atoms with Crippen LogP contribution in [0.4, 0.5) is 5.82 Å². The van der Waals surface area contributed by atoms with Crippen molar-refractivity contribution in [1.29, 1.82) is 0 Å². The van der Waals surface area contributed by atoms with Gasteiger partial charge in [0.05, 0.1) is 11.4 Å². The topological polar surface area (TPSA) is 22.6 Å². The van der Waals surface area contributed by atoms with E-state index in [9.17, 15) is 0 Å². The summed E-state index contributed by atoms with van der Waals surface area (Å²) in [6.45, 7) is 13.1. The summed E-state index contributed by atoms with van der Waals surface area (Å²) in [5.74, 6) is 1.77. The van der Waals surface area contributed by atoms with Gasteiger partial charge in [0, 0.05) is 39.3 Å². The molecule has 4 rings (SSSR count). The first-order valence-corrected chi connectivity index (χ1v) is 11.0. The Labute approximate surface area is 175 Å². The number of hydrogen-bond donors (Lipinski definition) is 0. The number of rotatable bonds is 5. The molecule has 1 unspecified atom stereocenters. The maximum Gasteiger partial charge on any atom is 0.129 e. The number of aryl methyl sites for hydroxylation is 1. The molecule has 0 spiro atoms. The molecular weight excluding hydrogens is 356 g/mol. The Morgan fingerprint density at radius 2 is 1.86 bits per heavy atom. The number of hydrogen-bond acceptors (Lipinski definition) is 4. The normalized spacial score (nSPS) is 20.7. The maximum absolute atomic E-state index is 4.98. The maximum atomic E-state index is 4.98. The summed E-state index contributed by atoms with van der Waals surface area (Å²) < 4.78 is 0. The second kappa shape index (κ2) is 9.00. The second-order valence-electron chi connectivity index (χ2n) is 8.77. The van der Waals surface area contributed by atoms with Crippen LogP contribution in [0.25, 0.3) is 5.70 Å². The van der Waals surface area contributed by atoms with E-state index in [2.05, 4.69) is 77.7 Å². The SMILES string of the molecule is C=C(c1cccc(N2CCN(C)CC2)n1)N1CCCC(Cc2cccc(C)c2)C1. The van der Waals surface area contributed by atoms with Crippen LogP contribution >= 0.6 is 0 Å². The van der Waals surface area contributed by atoms with Crippen molar-refractivity contribution in [2.24, 2.45) is 5.92 Å². The second-order valence-corrected chi connectivity index (χ2v) is 8.77. The highest BCUT2D eigenvalue weighted by Gasteiger charge is 2.23. The van der Waals surface area contributed by atoms with E-state index >= 15 is 0 Å². The number of aromatic nitrogens is 1. The number of pyridine rings is 1. The molecule has 2 aliphatic heterocycles. The molecule has 2 aromatic rings.